The smallest absolute Gasteiger partial charge is 0.245 e. The fourth-order valence-corrected chi connectivity index (χ4v) is 5.51. The van der Waals surface area contributed by atoms with Gasteiger partial charge in [-0.05, 0) is 36.8 Å². The van der Waals surface area contributed by atoms with Crippen LogP contribution in [0.5, 0.6) is 5.75 Å². The molecule has 2 N–H and O–H groups in total. The third-order valence-corrected chi connectivity index (χ3v) is 7.74. The summed E-state index contributed by atoms with van der Waals surface area (Å²) in [5.41, 5.74) is 2.72. The van der Waals surface area contributed by atoms with E-state index >= 15 is 0 Å². The maximum Gasteiger partial charge on any atom is 0.245 e. The maximum atomic E-state index is 13.2. The first-order valence-electron chi connectivity index (χ1n) is 10.6. The number of aromatic amines is 1. The Morgan fingerprint density at radius 3 is 2.88 bits per heavy atom. The van der Waals surface area contributed by atoms with E-state index in [2.05, 4.69) is 20.4 Å². The van der Waals surface area contributed by atoms with Gasteiger partial charge in [0.25, 0.3) is 0 Å². The third-order valence-electron chi connectivity index (χ3n) is 5.92. The van der Waals surface area contributed by atoms with Crippen LogP contribution in [0, 0.1) is 6.92 Å². The van der Waals surface area contributed by atoms with Crippen LogP contribution >= 0.6 is 0 Å². The highest BCUT2D eigenvalue weighted by Crippen LogP contribution is 2.36. The fourth-order valence-electron chi connectivity index (χ4n) is 4.13. The van der Waals surface area contributed by atoms with Gasteiger partial charge < -0.3 is 19.7 Å². The van der Waals surface area contributed by atoms with E-state index in [9.17, 15) is 13.2 Å². The van der Waals surface area contributed by atoms with E-state index in [4.69, 9.17) is 9.47 Å². The van der Waals surface area contributed by atoms with Gasteiger partial charge >= 0.3 is 0 Å². The summed E-state index contributed by atoms with van der Waals surface area (Å²) in [4.78, 5) is 15.0. The molecular formula is C22H25N5O5S. The Hall–Kier alpha value is -3.15. The maximum absolute atomic E-state index is 13.2. The molecule has 2 aliphatic heterocycles. The molecule has 1 fully saturated rings. The number of ether oxygens (including phenoxy) is 2. The molecular weight excluding hydrogens is 446 g/mol. The van der Waals surface area contributed by atoms with E-state index in [1.807, 2.05) is 19.1 Å². The zero-order valence-electron chi connectivity index (χ0n) is 18.4. The van der Waals surface area contributed by atoms with Crippen molar-refractivity contribution in [1.29, 1.82) is 0 Å². The first-order valence-corrected chi connectivity index (χ1v) is 12.1. The number of benzene rings is 2. The SMILES string of the molecule is Cc1cc(S(=O)(=O)N(C)CC(=O)Nc2ccc3c(c2)OCCN3C2COC2)c2[nH]ncc2c1. The second-order valence-electron chi connectivity index (χ2n) is 8.32. The van der Waals surface area contributed by atoms with Gasteiger partial charge in [0.2, 0.25) is 15.9 Å². The lowest BCUT2D eigenvalue weighted by atomic mass is 10.1. The molecule has 2 aromatic carbocycles. The van der Waals surface area contributed by atoms with Gasteiger partial charge in [0.05, 0.1) is 49.7 Å². The first kappa shape index (κ1) is 21.7. The Bertz CT molecular complexity index is 1320. The van der Waals surface area contributed by atoms with Crippen molar-refractivity contribution in [2.24, 2.45) is 0 Å². The Morgan fingerprint density at radius 1 is 1.30 bits per heavy atom. The van der Waals surface area contributed by atoms with Crippen LogP contribution in [-0.2, 0) is 19.6 Å². The molecule has 2 aliphatic rings. The number of nitrogens with zero attached hydrogens (tertiary/aromatic N) is 3. The summed E-state index contributed by atoms with van der Waals surface area (Å²) in [6.45, 7) is 4.22. The van der Waals surface area contributed by atoms with Crippen LogP contribution < -0.4 is 15.0 Å². The van der Waals surface area contributed by atoms with Gasteiger partial charge in [0, 0.05) is 24.2 Å². The summed E-state index contributed by atoms with van der Waals surface area (Å²) in [5.74, 6) is 0.239. The summed E-state index contributed by atoms with van der Waals surface area (Å²) in [5, 5.41) is 10.2. The Balaban J connectivity index is 1.30. The number of hydrogen-bond acceptors (Lipinski definition) is 7. The number of aromatic nitrogens is 2. The minimum atomic E-state index is -3.91. The highest BCUT2D eigenvalue weighted by Gasteiger charge is 2.31. The van der Waals surface area contributed by atoms with Crippen LogP contribution in [0.4, 0.5) is 11.4 Å². The molecule has 1 saturated heterocycles. The minimum absolute atomic E-state index is 0.0903. The molecule has 5 rings (SSSR count). The quantitative estimate of drug-likeness (QED) is 0.562. The largest absolute Gasteiger partial charge is 0.489 e. The molecule has 174 valence electrons. The number of hydrogen-bond donors (Lipinski definition) is 2. The van der Waals surface area contributed by atoms with Gasteiger partial charge in [0.15, 0.2) is 0 Å². The number of anilines is 2. The zero-order valence-corrected chi connectivity index (χ0v) is 19.2. The van der Waals surface area contributed by atoms with Crippen LogP contribution in [0.1, 0.15) is 5.56 Å². The average molecular weight is 472 g/mol. The van der Waals surface area contributed by atoms with Crippen molar-refractivity contribution in [3.8, 4) is 5.75 Å². The number of sulfonamides is 1. The number of amides is 1. The standard InChI is InChI=1S/C22H25N5O5S/c1-14-7-15-10-23-25-22(15)20(8-14)33(29,30)26(2)11-21(28)24-16-3-4-18-19(9-16)32-6-5-27(18)17-12-31-13-17/h3-4,7-10,17H,5-6,11-13H2,1-2H3,(H,23,25)(H,24,28). The van der Waals surface area contributed by atoms with E-state index < -0.39 is 15.9 Å². The zero-order chi connectivity index (χ0) is 23.2. The number of aryl methyl sites for hydroxylation is 1. The summed E-state index contributed by atoms with van der Waals surface area (Å²) >= 11 is 0. The second-order valence-corrected chi connectivity index (χ2v) is 10.3. The molecule has 11 heteroatoms. The molecule has 33 heavy (non-hydrogen) atoms. The molecule has 3 aromatic rings. The minimum Gasteiger partial charge on any atom is -0.489 e. The van der Waals surface area contributed by atoms with Crippen molar-refractivity contribution in [3.63, 3.8) is 0 Å². The Kier molecular flexibility index (Phi) is 5.47. The number of carbonyl (C=O) groups is 1. The normalized spacial score (nSPS) is 16.4. The first-order chi connectivity index (χ1) is 15.8. The summed E-state index contributed by atoms with van der Waals surface area (Å²) in [7, 11) is -2.53. The highest BCUT2D eigenvalue weighted by atomic mass is 32.2. The van der Waals surface area contributed by atoms with Crippen molar-refractivity contribution in [1.82, 2.24) is 14.5 Å². The van der Waals surface area contributed by atoms with Gasteiger partial charge in [-0.1, -0.05) is 0 Å². The third kappa shape index (κ3) is 4.03. The molecule has 1 aromatic heterocycles. The number of H-pyrrole nitrogens is 1. The van der Waals surface area contributed by atoms with Crippen molar-refractivity contribution in [2.45, 2.75) is 17.9 Å². The van der Waals surface area contributed by atoms with Crippen LogP contribution in [0.2, 0.25) is 0 Å². The number of carbonyl (C=O) groups excluding carboxylic acids is 1. The van der Waals surface area contributed by atoms with Crippen LogP contribution in [0.15, 0.2) is 41.4 Å². The topological polar surface area (TPSA) is 117 Å². The van der Waals surface area contributed by atoms with Gasteiger partial charge in [-0.2, -0.15) is 9.40 Å². The molecule has 3 heterocycles. The molecule has 0 unspecified atom stereocenters. The molecule has 0 aliphatic carbocycles. The van der Waals surface area contributed by atoms with E-state index in [1.165, 1.54) is 7.05 Å². The Labute approximate surface area is 191 Å². The van der Waals surface area contributed by atoms with E-state index in [-0.39, 0.29) is 11.4 Å². The predicted molar refractivity (Wildman–Crippen MR) is 123 cm³/mol. The number of nitrogens with one attached hydrogen (secondary N) is 2. The lowest BCUT2D eigenvalue weighted by Crippen LogP contribution is -2.52. The molecule has 10 nitrogen and oxygen atoms in total. The van der Waals surface area contributed by atoms with E-state index in [0.717, 1.165) is 22.1 Å². The Morgan fingerprint density at radius 2 is 2.12 bits per heavy atom. The number of rotatable bonds is 6. The summed E-state index contributed by atoms with van der Waals surface area (Å²) < 4.78 is 38.5. The molecule has 0 spiro atoms. The van der Waals surface area contributed by atoms with Gasteiger partial charge in [0.1, 0.15) is 17.3 Å². The van der Waals surface area contributed by atoms with Crippen molar-refractivity contribution in [3.05, 3.63) is 42.1 Å². The van der Waals surface area contributed by atoms with Gasteiger partial charge in [-0.25, -0.2) is 8.42 Å². The number of likely N-dealkylation sites (N-methyl/N-ethyl adjacent to an activating group) is 1. The lowest BCUT2D eigenvalue weighted by molar-refractivity contribution is -0.116. The average Bonchev–Trinajstić information content (AvgIpc) is 3.20. The van der Waals surface area contributed by atoms with E-state index in [0.29, 0.717) is 48.2 Å². The highest BCUT2D eigenvalue weighted by molar-refractivity contribution is 7.89. The predicted octanol–water partition coefficient (Wildman–Crippen LogP) is 1.73. The lowest BCUT2D eigenvalue weighted by Gasteiger charge is -2.41. The van der Waals surface area contributed by atoms with Crippen molar-refractivity contribution in [2.75, 3.05) is 50.2 Å². The van der Waals surface area contributed by atoms with Crippen molar-refractivity contribution >= 4 is 38.2 Å². The molecule has 1 amide bonds. The molecule has 0 atom stereocenters. The van der Waals surface area contributed by atoms with Gasteiger partial charge in [-0.3, -0.25) is 9.89 Å². The second kappa shape index (κ2) is 8.32. The van der Waals surface area contributed by atoms with E-state index in [1.54, 1.807) is 24.4 Å². The summed E-state index contributed by atoms with van der Waals surface area (Å²) in [6, 6.07) is 9.23. The van der Waals surface area contributed by atoms with Crippen LogP contribution in [-0.4, -0.2) is 74.8 Å². The molecule has 0 saturated carbocycles. The van der Waals surface area contributed by atoms with Crippen LogP contribution in [0.25, 0.3) is 10.9 Å². The van der Waals surface area contributed by atoms with Crippen LogP contribution in [0.3, 0.4) is 0 Å². The number of fused-ring (bicyclic) bond motifs is 2. The van der Waals surface area contributed by atoms with Crippen molar-refractivity contribution < 1.29 is 22.7 Å². The monoisotopic (exact) mass is 471 g/mol. The fraction of sp³-hybridized carbons (Fsp3) is 0.364. The molecule has 0 bridgehead atoms. The van der Waals surface area contributed by atoms with Gasteiger partial charge in [-0.15, -0.1) is 0 Å². The summed E-state index contributed by atoms with van der Waals surface area (Å²) in [6.07, 6.45) is 1.57. The molecule has 0 radical (unpaired) electrons.